The Labute approximate surface area is 114 Å². The van der Waals surface area contributed by atoms with Crippen LogP contribution in [0.4, 0.5) is 0 Å². The van der Waals surface area contributed by atoms with Crippen LogP contribution in [0.5, 0.6) is 11.5 Å². The van der Waals surface area contributed by atoms with Crippen molar-refractivity contribution in [3.63, 3.8) is 0 Å². The van der Waals surface area contributed by atoms with Gasteiger partial charge in [0.1, 0.15) is 11.5 Å². The van der Waals surface area contributed by atoms with Gasteiger partial charge in [-0.3, -0.25) is 4.98 Å². The molecule has 0 spiro atoms. The summed E-state index contributed by atoms with van der Waals surface area (Å²) in [5.74, 6) is 1.66. The average Bonchev–Trinajstić information content (AvgIpc) is 2.35. The summed E-state index contributed by atoms with van der Waals surface area (Å²) in [5.41, 5.74) is 9.03. The summed E-state index contributed by atoms with van der Waals surface area (Å²) in [6.45, 7) is 5.98. The fourth-order valence-corrected chi connectivity index (χ4v) is 1.95. The number of benzene rings is 1. The van der Waals surface area contributed by atoms with Crippen LogP contribution in [0, 0.1) is 13.8 Å². The van der Waals surface area contributed by atoms with E-state index in [9.17, 15) is 0 Å². The van der Waals surface area contributed by atoms with Gasteiger partial charge in [-0.15, -0.1) is 0 Å². The summed E-state index contributed by atoms with van der Waals surface area (Å²) in [6, 6.07) is 10.2. The maximum Gasteiger partial charge on any atom is 0.148 e. The molecule has 0 saturated carbocycles. The van der Waals surface area contributed by atoms with Crippen molar-refractivity contribution in [2.75, 3.05) is 0 Å². The highest BCUT2D eigenvalue weighted by atomic mass is 16.5. The van der Waals surface area contributed by atoms with Crippen LogP contribution in [0.15, 0.2) is 36.5 Å². The van der Waals surface area contributed by atoms with Crippen LogP contribution < -0.4 is 10.5 Å². The zero-order chi connectivity index (χ0) is 13.8. The molecule has 2 N–H and O–H groups in total. The van der Waals surface area contributed by atoms with Crippen molar-refractivity contribution < 1.29 is 4.74 Å². The highest BCUT2D eigenvalue weighted by Crippen LogP contribution is 2.27. The predicted molar refractivity (Wildman–Crippen MR) is 77.6 cm³/mol. The van der Waals surface area contributed by atoms with Gasteiger partial charge in [0.2, 0.25) is 0 Å². The zero-order valence-electron chi connectivity index (χ0n) is 11.7. The van der Waals surface area contributed by atoms with Crippen molar-refractivity contribution >= 4 is 0 Å². The third-order valence-electron chi connectivity index (χ3n) is 2.99. The fraction of sp³-hybridized carbons (Fsp3) is 0.312. The van der Waals surface area contributed by atoms with E-state index in [1.165, 1.54) is 5.56 Å². The first-order chi connectivity index (χ1) is 9.06. The molecule has 1 heterocycles. The number of ether oxygens (including phenoxy) is 1. The Bertz CT molecular complexity index is 564. The Morgan fingerprint density at radius 3 is 2.68 bits per heavy atom. The molecule has 1 aromatic carbocycles. The van der Waals surface area contributed by atoms with Crippen LogP contribution in [-0.2, 0) is 6.42 Å². The van der Waals surface area contributed by atoms with Crippen LogP contribution >= 0.6 is 0 Å². The minimum absolute atomic E-state index is 0.149. The Balaban J connectivity index is 2.26. The van der Waals surface area contributed by atoms with Gasteiger partial charge in [-0.05, 0) is 56.5 Å². The van der Waals surface area contributed by atoms with E-state index in [0.29, 0.717) is 0 Å². The molecular formula is C16H20N2O. The van der Waals surface area contributed by atoms with Crippen molar-refractivity contribution in [2.24, 2.45) is 5.73 Å². The first-order valence-electron chi connectivity index (χ1n) is 6.51. The molecule has 2 aromatic rings. The number of nitrogens with zero attached hydrogens (tertiary/aromatic N) is 1. The predicted octanol–water partition coefficient (Wildman–Crippen LogP) is 3.38. The molecule has 1 atom stereocenters. The molecule has 1 unspecified atom stereocenters. The van der Waals surface area contributed by atoms with Crippen molar-refractivity contribution in [2.45, 2.75) is 33.2 Å². The lowest BCUT2D eigenvalue weighted by molar-refractivity contribution is 0.471. The van der Waals surface area contributed by atoms with Gasteiger partial charge in [0.05, 0.1) is 5.69 Å². The van der Waals surface area contributed by atoms with Crippen LogP contribution in [0.3, 0.4) is 0 Å². The summed E-state index contributed by atoms with van der Waals surface area (Å²) < 4.78 is 5.96. The van der Waals surface area contributed by atoms with Gasteiger partial charge in [0.15, 0.2) is 0 Å². The topological polar surface area (TPSA) is 48.1 Å². The van der Waals surface area contributed by atoms with Gasteiger partial charge >= 0.3 is 0 Å². The summed E-state index contributed by atoms with van der Waals surface area (Å²) in [4.78, 5) is 4.23. The summed E-state index contributed by atoms with van der Waals surface area (Å²) >= 11 is 0. The molecule has 3 nitrogen and oxygen atoms in total. The maximum atomic E-state index is 5.96. The minimum atomic E-state index is 0.149. The van der Waals surface area contributed by atoms with E-state index >= 15 is 0 Å². The normalized spacial score (nSPS) is 12.2. The average molecular weight is 256 g/mol. The van der Waals surface area contributed by atoms with Gasteiger partial charge in [-0.25, -0.2) is 0 Å². The molecule has 0 radical (unpaired) electrons. The first-order valence-corrected chi connectivity index (χ1v) is 6.51. The Kier molecular flexibility index (Phi) is 4.17. The number of pyridine rings is 1. The van der Waals surface area contributed by atoms with Crippen molar-refractivity contribution in [1.29, 1.82) is 0 Å². The summed E-state index contributed by atoms with van der Waals surface area (Å²) in [5, 5.41) is 0. The minimum Gasteiger partial charge on any atom is -0.455 e. The number of hydrogen-bond donors (Lipinski definition) is 1. The second-order valence-electron chi connectivity index (χ2n) is 4.97. The number of hydrogen-bond acceptors (Lipinski definition) is 3. The SMILES string of the molecule is Cc1ccc(CC(C)N)cc1Oc1cccnc1C. The van der Waals surface area contributed by atoms with Crippen LogP contribution in [0.1, 0.15) is 23.7 Å². The highest BCUT2D eigenvalue weighted by Gasteiger charge is 2.07. The number of rotatable bonds is 4. The number of nitrogens with two attached hydrogens (primary N) is 1. The lowest BCUT2D eigenvalue weighted by Gasteiger charge is -2.13. The van der Waals surface area contributed by atoms with Crippen molar-refractivity contribution in [3.8, 4) is 11.5 Å². The molecule has 100 valence electrons. The number of aryl methyl sites for hydroxylation is 2. The molecule has 1 aromatic heterocycles. The molecule has 0 aliphatic rings. The largest absolute Gasteiger partial charge is 0.455 e. The fourth-order valence-electron chi connectivity index (χ4n) is 1.95. The smallest absolute Gasteiger partial charge is 0.148 e. The van der Waals surface area contributed by atoms with Crippen molar-refractivity contribution in [1.82, 2.24) is 4.98 Å². The van der Waals surface area contributed by atoms with E-state index in [1.807, 2.05) is 32.9 Å². The standard InChI is InChI=1S/C16H20N2O/c1-11-6-7-14(9-12(2)17)10-16(11)19-15-5-4-8-18-13(15)3/h4-8,10,12H,9,17H2,1-3H3. The second kappa shape index (κ2) is 5.85. The Hall–Kier alpha value is -1.87. The third-order valence-corrected chi connectivity index (χ3v) is 2.99. The van der Waals surface area contributed by atoms with E-state index in [1.54, 1.807) is 6.20 Å². The summed E-state index contributed by atoms with van der Waals surface area (Å²) in [6.07, 6.45) is 2.62. The molecule has 0 aliphatic carbocycles. The Morgan fingerprint density at radius 1 is 1.21 bits per heavy atom. The van der Waals surface area contributed by atoms with Crippen LogP contribution in [0.25, 0.3) is 0 Å². The van der Waals surface area contributed by atoms with E-state index in [2.05, 4.69) is 23.2 Å². The molecule has 0 aliphatic heterocycles. The third kappa shape index (κ3) is 3.55. The quantitative estimate of drug-likeness (QED) is 0.912. The summed E-state index contributed by atoms with van der Waals surface area (Å²) in [7, 11) is 0. The highest BCUT2D eigenvalue weighted by molar-refractivity contribution is 5.41. The zero-order valence-corrected chi connectivity index (χ0v) is 11.7. The van der Waals surface area contributed by atoms with Gasteiger partial charge < -0.3 is 10.5 Å². The van der Waals surface area contributed by atoms with Crippen LogP contribution in [-0.4, -0.2) is 11.0 Å². The molecule has 3 heteroatoms. The molecule has 0 saturated heterocycles. The second-order valence-corrected chi connectivity index (χ2v) is 4.97. The Morgan fingerprint density at radius 2 is 2.00 bits per heavy atom. The lowest BCUT2D eigenvalue weighted by Crippen LogP contribution is -2.17. The van der Waals surface area contributed by atoms with E-state index in [-0.39, 0.29) is 6.04 Å². The lowest BCUT2D eigenvalue weighted by atomic mass is 10.1. The van der Waals surface area contributed by atoms with Gasteiger partial charge in [-0.1, -0.05) is 12.1 Å². The van der Waals surface area contributed by atoms with E-state index in [0.717, 1.165) is 29.2 Å². The van der Waals surface area contributed by atoms with E-state index in [4.69, 9.17) is 10.5 Å². The van der Waals surface area contributed by atoms with Gasteiger partial charge in [-0.2, -0.15) is 0 Å². The monoisotopic (exact) mass is 256 g/mol. The molecule has 0 amide bonds. The molecule has 19 heavy (non-hydrogen) atoms. The first kappa shape index (κ1) is 13.6. The van der Waals surface area contributed by atoms with Crippen LogP contribution in [0.2, 0.25) is 0 Å². The molecule has 0 fully saturated rings. The van der Waals surface area contributed by atoms with E-state index < -0.39 is 0 Å². The molecular weight excluding hydrogens is 236 g/mol. The molecule has 2 rings (SSSR count). The maximum absolute atomic E-state index is 5.96. The van der Waals surface area contributed by atoms with Gasteiger partial charge in [0.25, 0.3) is 0 Å². The van der Waals surface area contributed by atoms with Crippen molar-refractivity contribution in [3.05, 3.63) is 53.3 Å². The number of aromatic nitrogens is 1. The van der Waals surface area contributed by atoms with Gasteiger partial charge in [0, 0.05) is 12.2 Å². The molecule has 0 bridgehead atoms.